The van der Waals surface area contributed by atoms with Crippen LogP contribution in [-0.2, 0) is 19.1 Å². The highest BCUT2D eigenvalue weighted by Crippen LogP contribution is 2.25. The molecular weight excluding hydrogens is 226 g/mol. The van der Waals surface area contributed by atoms with Gasteiger partial charge < -0.3 is 19.5 Å². The Kier molecular flexibility index (Phi) is 4.47. The Bertz CT molecular complexity index is 304. The number of carbonyl (C=O) groups excluding carboxylic acids is 1. The van der Waals surface area contributed by atoms with Crippen LogP contribution in [0.3, 0.4) is 0 Å². The third-order valence-corrected chi connectivity index (χ3v) is 2.91. The molecule has 0 bridgehead atoms. The largest absolute Gasteiger partial charge is 0.479 e. The van der Waals surface area contributed by atoms with Gasteiger partial charge in [0.2, 0.25) is 5.91 Å². The number of aliphatic carboxylic acids is 1. The summed E-state index contributed by atoms with van der Waals surface area (Å²) >= 11 is 0. The number of ether oxygens (including phenoxy) is 2. The van der Waals surface area contributed by atoms with Crippen molar-refractivity contribution in [3.05, 3.63) is 0 Å². The van der Waals surface area contributed by atoms with Crippen molar-refractivity contribution in [3.63, 3.8) is 0 Å². The number of likely N-dealkylation sites (tertiary alicyclic amines) is 1. The predicted octanol–water partition coefficient (Wildman–Crippen LogP) is 0.114. The van der Waals surface area contributed by atoms with Gasteiger partial charge in [0.1, 0.15) is 6.61 Å². The molecule has 1 unspecified atom stereocenters. The summed E-state index contributed by atoms with van der Waals surface area (Å²) in [5, 5.41) is 9.09. The number of hydrogen-bond donors (Lipinski definition) is 1. The molecule has 1 amide bonds. The fourth-order valence-electron chi connectivity index (χ4n) is 1.75. The lowest BCUT2D eigenvalue weighted by Crippen LogP contribution is -2.45. The molecule has 1 heterocycles. The van der Waals surface area contributed by atoms with E-state index in [1.165, 1.54) is 12.0 Å². The topological polar surface area (TPSA) is 76.1 Å². The fourth-order valence-corrected chi connectivity index (χ4v) is 1.75. The molecule has 1 rings (SSSR count). The van der Waals surface area contributed by atoms with E-state index in [1.807, 2.05) is 13.8 Å². The first-order chi connectivity index (χ1) is 7.91. The number of amides is 1. The van der Waals surface area contributed by atoms with Gasteiger partial charge >= 0.3 is 5.97 Å². The highest BCUT2D eigenvalue weighted by Gasteiger charge is 2.46. The SMILES string of the molecule is COC1(C(=O)O)CCN(C(=O)COC(C)C)C1. The molecule has 1 fully saturated rings. The number of carboxylic acid groups (broad SMARTS) is 1. The Labute approximate surface area is 100 Å². The molecule has 1 saturated heterocycles. The van der Waals surface area contributed by atoms with Crippen LogP contribution >= 0.6 is 0 Å². The number of carbonyl (C=O) groups is 2. The van der Waals surface area contributed by atoms with Crippen LogP contribution in [0.5, 0.6) is 0 Å². The highest BCUT2D eigenvalue weighted by atomic mass is 16.5. The van der Waals surface area contributed by atoms with Gasteiger partial charge in [0.15, 0.2) is 5.60 Å². The highest BCUT2D eigenvalue weighted by molar-refractivity contribution is 5.83. The van der Waals surface area contributed by atoms with Crippen LogP contribution in [0, 0.1) is 0 Å². The lowest BCUT2D eigenvalue weighted by atomic mass is 10.0. The zero-order chi connectivity index (χ0) is 13.1. The van der Waals surface area contributed by atoms with Gasteiger partial charge in [0.05, 0.1) is 12.6 Å². The molecule has 0 aromatic carbocycles. The van der Waals surface area contributed by atoms with Gasteiger partial charge in [-0.15, -0.1) is 0 Å². The Morgan fingerprint density at radius 3 is 2.53 bits per heavy atom. The summed E-state index contributed by atoms with van der Waals surface area (Å²) in [4.78, 5) is 24.3. The van der Waals surface area contributed by atoms with Gasteiger partial charge in [-0.25, -0.2) is 4.79 Å². The van der Waals surface area contributed by atoms with E-state index >= 15 is 0 Å². The Balaban J connectivity index is 2.54. The van der Waals surface area contributed by atoms with Crippen molar-refractivity contribution >= 4 is 11.9 Å². The third-order valence-electron chi connectivity index (χ3n) is 2.91. The molecule has 1 atom stereocenters. The average molecular weight is 245 g/mol. The molecule has 0 aromatic rings. The van der Waals surface area contributed by atoms with Crippen LogP contribution in [-0.4, -0.2) is 60.4 Å². The van der Waals surface area contributed by atoms with Gasteiger partial charge in [0.25, 0.3) is 0 Å². The van der Waals surface area contributed by atoms with E-state index in [-0.39, 0.29) is 25.2 Å². The smallest absolute Gasteiger partial charge is 0.337 e. The maximum Gasteiger partial charge on any atom is 0.337 e. The molecule has 0 aromatic heterocycles. The van der Waals surface area contributed by atoms with Crippen molar-refractivity contribution in [1.82, 2.24) is 4.90 Å². The van der Waals surface area contributed by atoms with Gasteiger partial charge in [-0.2, -0.15) is 0 Å². The zero-order valence-corrected chi connectivity index (χ0v) is 10.4. The summed E-state index contributed by atoms with van der Waals surface area (Å²) in [6, 6.07) is 0. The van der Waals surface area contributed by atoms with E-state index in [1.54, 1.807) is 0 Å². The van der Waals surface area contributed by atoms with Gasteiger partial charge in [-0.05, 0) is 13.8 Å². The molecular formula is C11H19NO5. The normalized spacial score (nSPS) is 24.4. The molecule has 1 N–H and O–H groups in total. The number of hydrogen-bond acceptors (Lipinski definition) is 4. The zero-order valence-electron chi connectivity index (χ0n) is 10.4. The fraction of sp³-hybridized carbons (Fsp3) is 0.818. The number of carboxylic acids is 1. The summed E-state index contributed by atoms with van der Waals surface area (Å²) in [6.07, 6.45) is 0.292. The summed E-state index contributed by atoms with van der Waals surface area (Å²) in [5.41, 5.74) is -1.26. The van der Waals surface area contributed by atoms with E-state index in [2.05, 4.69) is 0 Å². The quantitative estimate of drug-likeness (QED) is 0.744. The van der Waals surface area contributed by atoms with E-state index in [9.17, 15) is 9.59 Å². The van der Waals surface area contributed by atoms with E-state index in [0.29, 0.717) is 13.0 Å². The minimum atomic E-state index is -1.26. The molecule has 1 aliphatic rings. The first kappa shape index (κ1) is 13.9. The molecule has 0 radical (unpaired) electrons. The van der Waals surface area contributed by atoms with Crippen molar-refractivity contribution in [2.24, 2.45) is 0 Å². The minimum absolute atomic E-state index is 0.0168. The number of rotatable bonds is 5. The minimum Gasteiger partial charge on any atom is -0.479 e. The molecule has 0 spiro atoms. The molecule has 98 valence electrons. The van der Waals surface area contributed by atoms with E-state index < -0.39 is 11.6 Å². The van der Waals surface area contributed by atoms with Crippen molar-refractivity contribution in [2.45, 2.75) is 32.0 Å². The van der Waals surface area contributed by atoms with Crippen LogP contribution in [0.15, 0.2) is 0 Å². The summed E-state index contributed by atoms with van der Waals surface area (Å²) in [6.45, 7) is 4.14. The van der Waals surface area contributed by atoms with E-state index in [0.717, 1.165) is 0 Å². The van der Waals surface area contributed by atoms with Gasteiger partial charge in [-0.3, -0.25) is 4.79 Å². The molecule has 0 aliphatic carbocycles. The van der Waals surface area contributed by atoms with Gasteiger partial charge in [-0.1, -0.05) is 0 Å². The van der Waals surface area contributed by atoms with E-state index in [4.69, 9.17) is 14.6 Å². The molecule has 6 nitrogen and oxygen atoms in total. The van der Waals surface area contributed by atoms with Crippen LogP contribution in [0.25, 0.3) is 0 Å². The predicted molar refractivity (Wildman–Crippen MR) is 59.7 cm³/mol. The lowest BCUT2D eigenvalue weighted by molar-refractivity contribution is -0.161. The van der Waals surface area contributed by atoms with Crippen LogP contribution in [0.4, 0.5) is 0 Å². The van der Waals surface area contributed by atoms with Crippen molar-refractivity contribution in [1.29, 1.82) is 0 Å². The Morgan fingerprint density at radius 2 is 2.12 bits per heavy atom. The van der Waals surface area contributed by atoms with Crippen molar-refractivity contribution in [2.75, 3.05) is 26.8 Å². The molecule has 1 aliphatic heterocycles. The van der Waals surface area contributed by atoms with Crippen molar-refractivity contribution < 1.29 is 24.2 Å². The first-order valence-corrected chi connectivity index (χ1v) is 5.59. The number of nitrogens with zero attached hydrogens (tertiary/aromatic N) is 1. The summed E-state index contributed by atoms with van der Waals surface area (Å²) in [5.74, 6) is -1.22. The second-order valence-electron chi connectivity index (χ2n) is 4.43. The lowest BCUT2D eigenvalue weighted by Gasteiger charge is -2.23. The second-order valence-corrected chi connectivity index (χ2v) is 4.43. The molecule has 0 saturated carbocycles. The Hall–Kier alpha value is -1.14. The van der Waals surface area contributed by atoms with Crippen LogP contribution < -0.4 is 0 Å². The molecule has 6 heteroatoms. The van der Waals surface area contributed by atoms with Crippen LogP contribution in [0.1, 0.15) is 20.3 Å². The standard InChI is InChI=1S/C11H19NO5/c1-8(2)17-6-9(13)12-5-4-11(7-12,16-3)10(14)15/h8H,4-7H2,1-3H3,(H,14,15). The average Bonchev–Trinajstić information content (AvgIpc) is 2.71. The third kappa shape index (κ3) is 3.17. The van der Waals surface area contributed by atoms with Crippen molar-refractivity contribution in [3.8, 4) is 0 Å². The second kappa shape index (κ2) is 5.46. The van der Waals surface area contributed by atoms with Crippen LogP contribution in [0.2, 0.25) is 0 Å². The first-order valence-electron chi connectivity index (χ1n) is 5.59. The maximum absolute atomic E-state index is 11.7. The Morgan fingerprint density at radius 1 is 1.47 bits per heavy atom. The maximum atomic E-state index is 11.7. The molecule has 17 heavy (non-hydrogen) atoms. The van der Waals surface area contributed by atoms with Gasteiger partial charge in [0, 0.05) is 20.1 Å². The number of methoxy groups -OCH3 is 1. The monoisotopic (exact) mass is 245 g/mol. The summed E-state index contributed by atoms with van der Waals surface area (Å²) in [7, 11) is 1.35. The summed E-state index contributed by atoms with van der Waals surface area (Å²) < 4.78 is 10.2.